The van der Waals surface area contributed by atoms with E-state index in [2.05, 4.69) is 5.10 Å². The molecule has 1 aliphatic heterocycles. The number of carbonyl (C=O) groups excluding carboxylic acids is 1. The highest BCUT2D eigenvalue weighted by Crippen LogP contribution is 2.23. The van der Waals surface area contributed by atoms with Gasteiger partial charge in [0.15, 0.2) is 5.78 Å². The second-order valence-corrected chi connectivity index (χ2v) is 5.80. The van der Waals surface area contributed by atoms with E-state index in [1.54, 1.807) is 0 Å². The molecule has 0 amide bonds. The SMILES string of the molecule is CC(C)C(=O)c1nn(CC2CCOC2)c2ccccc12. The maximum atomic E-state index is 12.3. The highest BCUT2D eigenvalue weighted by molar-refractivity contribution is 6.06. The molecule has 1 saturated heterocycles. The number of hydrogen-bond donors (Lipinski definition) is 0. The smallest absolute Gasteiger partial charge is 0.186 e. The Bertz CT molecular complexity index is 624. The Balaban J connectivity index is 2.01. The number of fused-ring (bicyclic) bond motifs is 1. The van der Waals surface area contributed by atoms with Gasteiger partial charge in [0.2, 0.25) is 0 Å². The van der Waals surface area contributed by atoms with Gasteiger partial charge in [0, 0.05) is 30.4 Å². The van der Waals surface area contributed by atoms with Crippen molar-refractivity contribution in [1.29, 1.82) is 0 Å². The number of nitrogens with zero attached hydrogens (tertiary/aromatic N) is 2. The molecule has 2 aromatic rings. The molecule has 1 atom stereocenters. The van der Waals surface area contributed by atoms with Gasteiger partial charge in [0.05, 0.1) is 12.1 Å². The summed E-state index contributed by atoms with van der Waals surface area (Å²) in [5.74, 6) is 0.583. The highest BCUT2D eigenvalue weighted by atomic mass is 16.5. The van der Waals surface area contributed by atoms with Crippen LogP contribution < -0.4 is 0 Å². The van der Waals surface area contributed by atoms with Crippen LogP contribution in [0.15, 0.2) is 24.3 Å². The lowest BCUT2D eigenvalue weighted by atomic mass is 10.0. The van der Waals surface area contributed by atoms with Crippen LogP contribution in [0.2, 0.25) is 0 Å². The highest BCUT2D eigenvalue weighted by Gasteiger charge is 2.22. The van der Waals surface area contributed by atoms with Crippen molar-refractivity contribution >= 4 is 16.7 Å². The molecule has 4 nitrogen and oxygen atoms in total. The largest absolute Gasteiger partial charge is 0.381 e. The third kappa shape index (κ3) is 2.36. The predicted octanol–water partition coefficient (Wildman–Crippen LogP) is 2.91. The summed E-state index contributed by atoms with van der Waals surface area (Å²) in [4.78, 5) is 12.3. The van der Waals surface area contributed by atoms with Gasteiger partial charge in [-0.2, -0.15) is 5.10 Å². The Labute approximate surface area is 118 Å². The molecule has 1 aromatic carbocycles. The molecule has 1 unspecified atom stereocenters. The molecule has 0 bridgehead atoms. The first kappa shape index (κ1) is 13.3. The van der Waals surface area contributed by atoms with E-state index in [4.69, 9.17) is 4.74 Å². The summed E-state index contributed by atoms with van der Waals surface area (Å²) in [5, 5.41) is 5.55. The van der Waals surface area contributed by atoms with Crippen molar-refractivity contribution in [3.8, 4) is 0 Å². The van der Waals surface area contributed by atoms with E-state index in [0.29, 0.717) is 11.6 Å². The molecule has 4 heteroatoms. The van der Waals surface area contributed by atoms with Gasteiger partial charge < -0.3 is 4.74 Å². The number of carbonyl (C=O) groups is 1. The molecule has 2 heterocycles. The molecule has 0 aliphatic carbocycles. The zero-order valence-electron chi connectivity index (χ0n) is 12.0. The Kier molecular flexibility index (Phi) is 3.57. The van der Waals surface area contributed by atoms with E-state index < -0.39 is 0 Å². The average molecular weight is 272 g/mol. The summed E-state index contributed by atoms with van der Waals surface area (Å²) in [7, 11) is 0. The first-order valence-corrected chi connectivity index (χ1v) is 7.24. The number of hydrogen-bond acceptors (Lipinski definition) is 3. The number of para-hydroxylation sites is 1. The number of Topliss-reactive ketones (excluding diaryl/α,β-unsaturated/α-hetero) is 1. The van der Waals surface area contributed by atoms with Crippen LogP contribution in [0.25, 0.3) is 10.9 Å². The minimum atomic E-state index is -0.0310. The van der Waals surface area contributed by atoms with Gasteiger partial charge in [-0.3, -0.25) is 9.48 Å². The predicted molar refractivity (Wildman–Crippen MR) is 77.8 cm³/mol. The fourth-order valence-corrected chi connectivity index (χ4v) is 2.69. The number of rotatable bonds is 4. The van der Waals surface area contributed by atoms with E-state index in [9.17, 15) is 4.79 Å². The van der Waals surface area contributed by atoms with Crippen LogP contribution >= 0.6 is 0 Å². The number of ketones is 1. The Morgan fingerprint density at radius 3 is 2.95 bits per heavy atom. The van der Waals surface area contributed by atoms with Crippen LogP contribution in [0.3, 0.4) is 0 Å². The van der Waals surface area contributed by atoms with Crippen molar-refractivity contribution in [2.45, 2.75) is 26.8 Å². The summed E-state index contributed by atoms with van der Waals surface area (Å²) < 4.78 is 7.40. The quantitative estimate of drug-likeness (QED) is 0.804. The Morgan fingerprint density at radius 1 is 1.45 bits per heavy atom. The van der Waals surface area contributed by atoms with Gasteiger partial charge >= 0.3 is 0 Å². The third-order valence-corrected chi connectivity index (χ3v) is 3.87. The van der Waals surface area contributed by atoms with Gasteiger partial charge in [-0.05, 0) is 12.5 Å². The molecule has 1 aromatic heterocycles. The number of benzene rings is 1. The molecule has 3 rings (SSSR count). The van der Waals surface area contributed by atoms with Crippen molar-refractivity contribution in [2.75, 3.05) is 13.2 Å². The molecule has 106 valence electrons. The Morgan fingerprint density at radius 2 is 2.25 bits per heavy atom. The van der Waals surface area contributed by atoms with E-state index in [1.807, 2.05) is 42.8 Å². The Hall–Kier alpha value is -1.68. The summed E-state index contributed by atoms with van der Waals surface area (Å²) >= 11 is 0. The monoisotopic (exact) mass is 272 g/mol. The van der Waals surface area contributed by atoms with Gasteiger partial charge in [-0.1, -0.05) is 32.0 Å². The molecule has 1 aliphatic rings. The zero-order chi connectivity index (χ0) is 14.1. The molecule has 0 N–H and O–H groups in total. The van der Waals surface area contributed by atoms with Gasteiger partial charge in [-0.25, -0.2) is 0 Å². The lowest BCUT2D eigenvalue weighted by Crippen LogP contribution is -2.14. The molecule has 0 spiro atoms. The lowest BCUT2D eigenvalue weighted by Gasteiger charge is -2.08. The van der Waals surface area contributed by atoms with Gasteiger partial charge in [-0.15, -0.1) is 0 Å². The normalized spacial score (nSPS) is 19.1. The minimum Gasteiger partial charge on any atom is -0.381 e. The molecular formula is C16H20N2O2. The van der Waals surface area contributed by atoms with Crippen LogP contribution in [-0.4, -0.2) is 28.8 Å². The molecule has 1 fully saturated rings. The van der Waals surface area contributed by atoms with E-state index in [-0.39, 0.29) is 11.7 Å². The van der Waals surface area contributed by atoms with Crippen molar-refractivity contribution in [2.24, 2.45) is 11.8 Å². The summed E-state index contributed by atoms with van der Waals surface area (Å²) in [6, 6.07) is 7.98. The van der Waals surface area contributed by atoms with E-state index in [1.165, 1.54) is 0 Å². The topological polar surface area (TPSA) is 44.1 Å². The van der Waals surface area contributed by atoms with Crippen LogP contribution in [0.1, 0.15) is 30.8 Å². The van der Waals surface area contributed by atoms with Crippen LogP contribution in [0.4, 0.5) is 0 Å². The van der Waals surface area contributed by atoms with Gasteiger partial charge in [0.25, 0.3) is 0 Å². The average Bonchev–Trinajstić information content (AvgIpc) is 3.07. The summed E-state index contributed by atoms with van der Waals surface area (Å²) in [5.41, 5.74) is 1.65. The number of aromatic nitrogens is 2. The van der Waals surface area contributed by atoms with Crippen molar-refractivity contribution < 1.29 is 9.53 Å². The van der Waals surface area contributed by atoms with E-state index >= 15 is 0 Å². The minimum absolute atomic E-state index is 0.0310. The van der Waals surface area contributed by atoms with Gasteiger partial charge in [0.1, 0.15) is 5.69 Å². The maximum absolute atomic E-state index is 12.3. The molecule has 0 radical (unpaired) electrons. The van der Waals surface area contributed by atoms with Crippen molar-refractivity contribution in [3.63, 3.8) is 0 Å². The van der Waals surface area contributed by atoms with Crippen LogP contribution in [0, 0.1) is 11.8 Å². The summed E-state index contributed by atoms with van der Waals surface area (Å²) in [6.07, 6.45) is 1.07. The molecule has 0 saturated carbocycles. The van der Waals surface area contributed by atoms with Crippen molar-refractivity contribution in [3.05, 3.63) is 30.0 Å². The zero-order valence-corrected chi connectivity index (χ0v) is 12.0. The lowest BCUT2D eigenvalue weighted by molar-refractivity contribution is 0.0935. The second-order valence-electron chi connectivity index (χ2n) is 5.80. The van der Waals surface area contributed by atoms with Crippen LogP contribution in [-0.2, 0) is 11.3 Å². The molecule has 20 heavy (non-hydrogen) atoms. The first-order valence-electron chi connectivity index (χ1n) is 7.24. The standard InChI is InChI=1S/C16H20N2O2/c1-11(2)16(19)15-13-5-3-4-6-14(13)18(17-15)9-12-7-8-20-10-12/h3-6,11-12H,7-10H2,1-2H3. The maximum Gasteiger partial charge on any atom is 0.186 e. The fourth-order valence-electron chi connectivity index (χ4n) is 2.69. The first-order chi connectivity index (χ1) is 9.66. The van der Waals surface area contributed by atoms with Crippen molar-refractivity contribution in [1.82, 2.24) is 9.78 Å². The second kappa shape index (κ2) is 5.37. The number of ether oxygens (including phenoxy) is 1. The molecular weight excluding hydrogens is 252 g/mol. The third-order valence-electron chi connectivity index (χ3n) is 3.87. The van der Waals surface area contributed by atoms with Crippen LogP contribution in [0.5, 0.6) is 0 Å². The fraction of sp³-hybridized carbons (Fsp3) is 0.500. The summed E-state index contributed by atoms with van der Waals surface area (Å²) in [6.45, 7) is 6.29. The van der Waals surface area contributed by atoms with E-state index in [0.717, 1.165) is 37.1 Å².